The summed E-state index contributed by atoms with van der Waals surface area (Å²) in [7, 11) is 4.64. The minimum atomic E-state index is -0.256. The normalized spacial score (nSPS) is 11.5. The minimum absolute atomic E-state index is 0.163. The molecule has 0 N–H and O–H groups in total. The topological polar surface area (TPSA) is 88.1 Å². The van der Waals surface area contributed by atoms with Crippen molar-refractivity contribution >= 4 is 50.4 Å². The highest BCUT2D eigenvalue weighted by Gasteiger charge is 2.22. The van der Waals surface area contributed by atoms with E-state index in [9.17, 15) is 4.79 Å². The van der Waals surface area contributed by atoms with E-state index in [0.717, 1.165) is 5.52 Å². The molecule has 0 aliphatic rings. The van der Waals surface area contributed by atoms with Crippen LogP contribution in [0.3, 0.4) is 0 Å². The van der Waals surface area contributed by atoms with Crippen molar-refractivity contribution in [1.29, 1.82) is 0 Å². The molecule has 9 heteroatoms. The van der Waals surface area contributed by atoms with E-state index in [0.29, 0.717) is 55.8 Å². The maximum atomic E-state index is 13.6. The molecule has 6 rings (SSSR count). The lowest BCUT2D eigenvalue weighted by Crippen LogP contribution is -2.08. The number of nitrogens with zero attached hydrogens (tertiary/aromatic N) is 3. The van der Waals surface area contributed by atoms with Gasteiger partial charge in [0.25, 0.3) is 0 Å². The highest BCUT2D eigenvalue weighted by atomic mass is 35.5. The molecule has 3 aromatic heterocycles. The predicted octanol–water partition coefficient (Wildman–Crippen LogP) is 5.49. The number of aromatic nitrogens is 3. The van der Waals surface area contributed by atoms with E-state index >= 15 is 0 Å². The molecule has 3 aromatic carbocycles. The molecule has 0 saturated carbocycles. The Morgan fingerprint density at radius 1 is 0.914 bits per heavy atom. The van der Waals surface area contributed by atoms with Crippen molar-refractivity contribution in [3.05, 3.63) is 69.8 Å². The van der Waals surface area contributed by atoms with Crippen molar-refractivity contribution < 1.29 is 18.6 Å². The lowest BCUT2D eigenvalue weighted by Gasteiger charge is -2.15. The van der Waals surface area contributed by atoms with Crippen LogP contribution in [0.15, 0.2) is 63.8 Å². The number of imidazole rings is 1. The molecule has 0 spiro atoms. The number of ether oxygens (including phenoxy) is 3. The first-order valence-corrected chi connectivity index (χ1v) is 11.1. The average molecular weight is 488 g/mol. The molecule has 0 fully saturated rings. The van der Waals surface area contributed by atoms with Gasteiger partial charge in [-0.15, -0.1) is 0 Å². The predicted molar refractivity (Wildman–Crippen MR) is 134 cm³/mol. The van der Waals surface area contributed by atoms with Gasteiger partial charge in [0.05, 0.1) is 37.7 Å². The molecule has 174 valence electrons. The van der Waals surface area contributed by atoms with Crippen LogP contribution in [-0.2, 0) is 0 Å². The van der Waals surface area contributed by atoms with Gasteiger partial charge in [-0.1, -0.05) is 23.7 Å². The number of benzene rings is 3. The number of halogens is 1. The third-order valence-electron chi connectivity index (χ3n) is 5.96. The Morgan fingerprint density at radius 3 is 2.37 bits per heavy atom. The quantitative estimate of drug-likeness (QED) is 0.304. The Labute approximate surface area is 203 Å². The molecular weight excluding hydrogens is 470 g/mol. The Kier molecular flexibility index (Phi) is 4.79. The fraction of sp³-hybridized carbons (Fsp3) is 0.115. The molecule has 0 aliphatic carbocycles. The van der Waals surface area contributed by atoms with Gasteiger partial charge in [-0.3, -0.25) is 9.20 Å². The maximum absolute atomic E-state index is 13.6. The van der Waals surface area contributed by atoms with E-state index in [2.05, 4.69) is 0 Å². The maximum Gasteiger partial charge on any atom is 0.236 e. The van der Waals surface area contributed by atoms with Crippen LogP contribution in [0.4, 0.5) is 0 Å². The Balaban J connectivity index is 1.82. The van der Waals surface area contributed by atoms with Gasteiger partial charge < -0.3 is 18.6 Å². The SMILES string of the molecule is COc1cc(-c2nc3oc4ccc(Cl)cc4c(=O)c3c3nc4ccccc4n23)cc(OC)c1OC. The highest BCUT2D eigenvalue weighted by Crippen LogP contribution is 2.41. The van der Waals surface area contributed by atoms with E-state index in [4.69, 9.17) is 40.2 Å². The molecule has 0 atom stereocenters. The second-order valence-electron chi connectivity index (χ2n) is 7.86. The summed E-state index contributed by atoms with van der Waals surface area (Å²) in [5, 5.41) is 1.07. The van der Waals surface area contributed by atoms with Crippen molar-refractivity contribution in [1.82, 2.24) is 14.4 Å². The summed E-state index contributed by atoms with van der Waals surface area (Å²) >= 11 is 6.16. The number of hydrogen-bond donors (Lipinski definition) is 0. The van der Waals surface area contributed by atoms with Gasteiger partial charge in [-0.2, -0.15) is 4.98 Å². The van der Waals surface area contributed by atoms with Crippen molar-refractivity contribution in [2.24, 2.45) is 0 Å². The number of methoxy groups -OCH3 is 3. The standard InChI is InChI=1S/C26H18ClN3O5/c1-32-19-10-13(11-20(33-2)23(19)34-3)24-29-26-21(22(31)15-12-14(27)8-9-18(15)35-26)25-28-16-6-4-5-7-17(16)30(24)25/h4-12H,1-3H3. The monoisotopic (exact) mass is 487 g/mol. The smallest absolute Gasteiger partial charge is 0.236 e. The van der Waals surface area contributed by atoms with Crippen LogP contribution in [0.1, 0.15) is 0 Å². The van der Waals surface area contributed by atoms with E-state index in [-0.39, 0.29) is 16.5 Å². The molecule has 0 aliphatic heterocycles. The van der Waals surface area contributed by atoms with E-state index in [1.807, 2.05) is 28.7 Å². The fourth-order valence-corrected chi connectivity index (χ4v) is 4.56. The van der Waals surface area contributed by atoms with Crippen molar-refractivity contribution in [3.63, 3.8) is 0 Å². The first-order valence-electron chi connectivity index (χ1n) is 10.7. The number of para-hydroxylation sites is 2. The van der Waals surface area contributed by atoms with Crippen molar-refractivity contribution in [2.75, 3.05) is 21.3 Å². The summed E-state index contributed by atoms with van der Waals surface area (Å²) < 4.78 is 24.5. The van der Waals surface area contributed by atoms with Crippen LogP contribution < -0.4 is 19.6 Å². The van der Waals surface area contributed by atoms with Gasteiger partial charge in [0.2, 0.25) is 16.9 Å². The zero-order valence-electron chi connectivity index (χ0n) is 19.0. The summed E-state index contributed by atoms with van der Waals surface area (Å²) in [6, 6.07) is 16.1. The third kappa shape index (κ3) is 3.10. The Morgan fingerprint density at radius 2 is 1.66 bits per heavy atom. The van der Waals surface area contributed by atoms with Crippen LogP contribution in [-0.4, -0.2) is 35.7 Å². The summed E-state index contributed by atoms with van der Waals surface area (Å²) in [6.45, 7) is 0. The van der Waals surface area contributed by atoms with Crippen LogP contribution in [0.5, 0.6) is 17.2 Å². The second kappa shape index (κ2) is 7.89. The van der Waals surface area contributed by atoms with Crippen molar-refractivity contribution in [2.45, 2.75) is 0 Å². The molecule has 0 saturated heterocycles. The molecule has 0 bridgehead atoms. The van der Waals surface area contributed by atoms with Crippen LogP contribution in [0.25, 0.3) is 50.1 Å². The highest BCUT2D eigenvalue weighted by molar-refractivity contribution is 6.31. The van der Waals surface area contributed by atoms with Crippen LogP contribution in [0.2, 0.25) is 5.02 Å². The fourth-order valence-electron chi connectivity index (χ4n) is 4.39. The van der Waals surface area contributed by atoms with Crippen LogP contribution >= 0.6 is 11.6 Å². The van der Waals surface area contributed by atoms with Gasteiger partial charge in [0.15, 0.2) is 23.0 Å². The van der Waals surface area contributed by atoms with Gasteiger partial charge >= 0.3 is 0 Å². The van der Waals surface area contributed by atoms with Gasteiger partial charge in [0.1, 0.15) is 11.0 Å². The largest absolute Gasteiger partial charge is 0.493 e. The molecular formula is C26H18ClN3O5. The first-order chi connectivity index (χ1) is 17.0. The summed E-state index contributed by atoms with van der Waals surface area (Å²) in [4.78, 5) is 23.2. The Bertz CT molecular complexity index is 1830. The zero-order valence-corrected chi connectivity index (χ0v) is 19.7. The van der Waals surface area contributed by atoms with E-state index in [1.54, 1.807) is 51.7 Å². The third-order valence-corrected chi connectivity index (χ3v) is 6.20. The molecule has 0 radical (unpaired) electrons. The van der Waals surface area contributed by atoms with E-state index in [1.165, 1.54) is 0 Å². The molecule has 8 nitrogen and oxygen atoms in total. The Hall–Kier alpha value is -4.30. The first kappa shape index (κ1) is 21.2. The zero-order chi connectivity index (χ0) is 24.3. The molecule has 35 heavy (non-hydrogen) atoms. The summed E-state index contributed by atoms with van der Waals surface area (Å²) in [5.74, 6) is 1.89. The van der Waals surface area contributed by atoms with Gasteiger partial charge in [0, 0.05) is 10.6 Å². The lowest BCUT2D eigenvalue weighted by molar-refractivity contribution is 0.324. The average Bonchev–Trinajstić information content (AvgIpc) is 3.27. The summed E-state index contributed by atoms with van der Waals surface area (Å²) in [5.41, 5.74) is 2.87. The lowest BCUT2D eigenvalue weighted by atomic mass is 10.1. The molecule has 0 unspecified atom stereocenters. The number of hydrogen-bond acceptors (Lipinski definition) is 7. The number of rotatable bonds is 4. The van der Waals surface area contributed by atoms with Crippen LogP contribution in [0, 0.1) is 0 Å². The minimum Gasteiger partial charge on any atom is -0.493 e. The van der Waals surface area contributed by atoms with E-state index < -0.39 is 0 Å². The molecule has 3 heterocycles. The summed E-state index contributed by atoms with van der Waals surface area (Å²) in [6.07, 6.45) is 0. The second-order valence-corrected chi connectivity index (χ2v) is 8.30. The van der Waals surface area contributed by atoms with Gasteiger partial charge in [-0.05, 0) is 42.5 Å². The van der Waals surface area contributed by atoms with Gasteiger partial charge in [-0.25, -0.2) is 4.98 Å². The molecule has 6 aromatic rings. The van der Waals surface area contributed by atoms with Crippen molar-refractivity contribution in [3.8, 4) is 28.6 Å². The molecule has 0 amide bonds. The number of fused-ring (bicyclic) bond motifs is 6.